The van der Waals surface area contributed by atoms with Gasteiger partial charge in [-0.25, -0.2) is 0 Å². The normalized spacial score (nSPS) is 10.2. The van der Waals surface area contributed by atoms with Crippen LogP contribution in [-0.2, 0) is 20.7 Å². The van der Waals surface area contributed by atoms with Crippen LogP contribution in [0.4, 0.5) is 5.69 Å². The zero-order valence-corrected chi connectivity index (χ0v) is 16.1. The molecule has 0 N–H and O–H groups in total. The number of rotatable bonds is 9. The fourth-order valence-electron chi connectivity index (χ4n) is 2.62. The molecule has 0 radical (unpaired) electrons. The summed E-state index contributed by atoms with van der Waals surface area (Å²) in [5, 5.41) is 12.7. The van der Waals surface area contributed by atoms with Gasteiger partial charge in [-0.1, -0.05) is 29.4 Å². The van der Waals surface area contributed by atoms with E-state index in [4.69, 9.17) is 14.5 Å². The Kier molecular flexibility index (Phi) is 7.22. The molecule has 0 unspecified atom stereocenters. The average molecular weight is 405 g/mol. The smallest absolute Gasteiger partial charge is 0.306 e. The van der Waals surface area contributed by atoms with E-state index >= 15 is 0 Å². The molecule has 0 bridgehead atoms. The van der Waals surface area contributed by atoms with E-state index in [9.17, 15) is 9.59 Å². The van der Waals surface area contributed by atoms with E-state index in [1.54, 1.807) is 42.6 Å². The van der Waals surface area contributed by atoms with Crippen molar-refractivity contribution in [2.24, 2.45) is 0 Å². The molecule has 0 fully saturated rings. The highest BCUT2D eigenvalue weighted by Crippen LogP contribution is 2.15. The molecule has 0 saturated heterocycles. The number of nitrogens with zero attached hydrogens (tertiary/aromatic N) is 5. The predicted octanol–water partition coefficient (Wildman–Crippen LogP) is 2.55. The summed E-state index contributed by atoms with van der Waals surface area (Å²) in [6, 6.07) is 16.3. The molecule has 0 spiro atoms. The van der Waals surface area contributed by atoms with Crippen molar-refractivity contribution in [1.29, 1.82) is 5.26 Å². The Labute approximate surface area is 172 Å². The fraction of sp³-hybridized carbons (Fsp3) is 0.238. The van der Waals surface area contributed by atoms with Crippen LogP contribution in [0.15, 0.2) is 59.3 Å². The first-order chi connectivity index (χ1) is 14.7. The number of ether oxygens (including phenoxy) is 1. The van der Waals surface area contributed by atoms with Crippen LogP contribution in [0.5, 0.6) is 0 Å². The number of aryl methyl sites for hydroxylation is 1. The number of hydrogen-bond donors (Lipinski definition) is 0. The van der Waals surface area contributed by atoms with Crippen molar-refractivity contribution >= 4 is 17.6 Å². The van der Waals surface area contributed by atoms with E-state index < -0.39 is 18.5 Å². The van der Waals surface area contributed by atoms with Crippen molar-refractivity contribution in [3.63, 3.8) is 0 Å². The van der Waals surface area contributed by atoms with Crippen molar-refractivity contribution in [2.75, 3.05) is 18.1 Å². The minimum Gasteiger partial charge on any atom is -0.456 e. The van der Waals surface area contributed by atoms with Crippen molar-refractivity contribution < 1.29 is 18.8 Å². The van der Waals surface area contributed by atoms with Gasteiger partial charge in [-0.3, -0.25) is 14.6 Å². The van der Waals surface area contributed by atoms with Crippen LogP contribution in [0.3, 0.4) is 0 Å². The minimum absolute atomic E-state index is 0.0132. The highest BCUT2D eigenvalue weighted by Gasteiger charge is 2.18. The molecule has 0 aliphatic carbocycles. The summed E-state index contributed by atoms with van der Waals surface area (Å²) < 4.78 is 10.2. The Morgan fingerprint density at radius 1 is 1.13 bits per heavy atom. The van der Waals surface area contributed by atoms with Gasteiger partial charge < -0.3 is 14.2 Å². The maximum atomic E-state index is 12.5. The second-order valence-electron chi connectivity index (χ2n) is 6.18. The third kappa shape index (κ3) is 5.72. The first-order valence-electron chi connectivity index (χ1n) is 9.29. The average Bonchev–Trinajstić information content (AvgIpc) is 3.27. The van der Waals surface area contributed by atoms with Crippen LogP contribution in [0.25, 0.3) is 11.5 Å². The van der Waals surface area contributed by atoms with Gasteiger partial charge in [-0.15, -0.1) is 0 Å². The summed E-state index contributed by atoms with van der Waals surface area (Å²) in [5.41, 5.74) is 1.21. The largest absolute Gasteiger partial charge is 0.456 e. The van der Waals surface area contributed by atoms with E-state index in [0.717, 1.165) is 0 Å². The molecule has 3 rings (SSSR count). The molecule has 30 heavy (non-hydrogen) atoms. The molecule has 9 heteroatoms. The highest BCUT2D eigenvalue weighted by atomic mass is 16.5. The van der Waals surface area contributed by atoms with Gasteiger partial charge in [0.15, 0.2) is 6.61 Å². The summed E-state index contributed by atoms with van der Waals surface area (Å²) >= 11 is 0. The van der Waals surface area contributed by atoms with Gasteiger partial charge in [0.25, 0.3) is 5.91 Å². The SMILES string of the molecule is N#CCCN(C(=O)COC(=O)CCc1nc(-c2ccccn2)no1)c1ccccc1. The van der Waals surface area contributed by atoms with E-state index in [-0.39, 0.29) is 31.7 Å². The molecule has 0 atom stereocenters. The molecule has 2 aromatic heterocycles. The van der Waals surface area contributed by atoms with Gasteiger partial charge in [-0.05, 0) is 24.3 Å². The Bertz CT molecular complexity index is 1010. The maximum absolute atomic E-state index is 12.5. The molecule has 0 aliphatic rings. The summed E-state index contributed by atoms with van der Waals surface area (Å²) in [7, 11) is 0. The van der Waals surface area contributed by atoms with Gasteiger partial charge in [0, 0.05) is 24.8 Å². The molecule has 0 saturated carbocycles. The van der Waals surface area contributed by atoms with Gasteiger partial charge in [-0.2, -0.15) is 10.2 Å². The number of benzene rings is 1. The first kappa shape index (κ1) is 20.7. The van der Waals surface area contributed by atoms with E-state index in [1.165, 1.54) is 4.90 Å². The monoisotopic (exact) mass is 405 g/mol. The van der Waals surface area contributed by atoms with E-state index in [2.05, 4.69) is 15.1 Å². The van der Waals surface area contributed by atoms with Crippen molar-refractivity contribution in [1.82, 2.24) is 15.1 Å². The van der Waals surface area contributed by atoms with Crippen molar-refractivity contribution in [3.05, 3.63) is 60.6 Å². The summed E-state index contributed by atoms with van der Waals surface area (Å²) in [5.74, 6) is -0.349. The molecule has 1 aromatic carbocycles. The third-order valence-electron chi connectivity index (χ3n) is 4.08. The third-order valence-corrected chi connectivity index (χ3v) is 4.08. The Balaban J connectivity index is 1.49. The summed E-state index contributed by atoms with van der Waals surface area (Å²) in [6.45, 7) is -0.197. The fourth-order valence-corrected chi connectivity index (χ4v) is 2.62. The van der Waals surface area contributed by atoms with Crippen LogP contribution in [0.2, 0.25) is 0 Å². The second kappa shape index (κ2) is 10.5. The molecule has 2 heterocycles. The number of amides is 1. The molecular formula is C21H19N5O4. The number of carbonyl (C=O) groups excluding carboxylic acids is 2. The zero-order chi connectivity index (χ0) is 21.2. The number of carbonyl (C=O) groups is 2. The van der Waals surface area contributed by atoms with Crippen LogP contribution in [0, 0.1) is 11.3 Å². The second-order valence-corrected chi connectivity index (χ2v) is 6.18. The van der Waals surface area contributed by atoms with Crippen LogP contribution >= 0.6 is 0 Å². The maximum Gasteiger partial charge on any atom is 0.306 e. The topological polar surface area (TPSA) is 122 Å². The summed E-state index contributed by atoms with van der Waals surface area (Å²) in [4.78, 5) is 34.3. The lowest BCUT2D eigenvalue weighted by Crippen LogP contribution is -2.35. The van der Waals surface area contributed by atoms with E-state index in [1.807, 2.05) is 18.2 Å². The molecule has 9 nitrogen and oxygen atoms in total. The van der Waals surface area contributed by atoms with Crippen molar-refractivity contribution in [2.45, 2.75) is 19.3 Å². The standard InChI is InChI=1S/C21H19N5O4/c22-12-6-14-26(16-7-2-1-3-8-16)19(27)15-29-20(28)11-10-18-24-21(25-30-18)17-9-4-5-13-23-17/h1-5,7-9,13H,6,10-11,14-15H2. The quantitative estimate of drug-likeness (QED) is 0.498. The number of aromatic nitrogens is 3. The van der Waals surface area contributed by atoms with Crippen molar-refractivity contribution in [3.8, 4) is 17.6 Å². The number of anilines is 1. The number of para-hydroxylation sites is 1. The first-order valence-corrected chi connectivity index (χ1v) is 9.29. The number of esters is 1. The lowest BCUT2D eigenvalue weighted by Gasteiger charge is -2.21. The highest BCUT2D eigenvalue weighted by molar-refractivity contribution is 5.95. The number of pyridine rings is 1. The molecule has 1 amide bonds. The predicted molar refractivity (Wildman–Crippen MR) is 106 cm³/mol. The van der Waals surface area contributed by atoms with Gasteiger partial charge >= 0.3 is 5.97 Å². The Morgan fingerprint density at radius 3 is 2.67 bits per heavy atom. The lowest BCUT2D eigenvalue weighted by molar-refractivity contribution is -0.147. The zero-order valence-electron chi connectivity index (χ0n) is 16.1. The molecule has 3 aromatic rings. The Morgan fingerprint density at radius 2 is 1.93 bits per heavy atom. The number of nitriles is 1. The molecular weight excluding hydrogens is 386 g/mol. The summed E-state index contributed by atoms with van der Waals surface area (Å²) in [6.07, 6.45) is 1.96. The van der Waals surface area contributed by atoms with Gasteiger partial charge in [0.2, 0.25) is 11.7 Å². The number of hydrogen-bond acceptors (Lipinski definition) is 8. The lowest BCUT2D eigenvalue weighted by atomic mass is 10.2. The van der Waals surface area contributed by atoms with Crippen LogP contribution < -0.4 is 4.90 Å². The van der Waals surface area contributed by atoms with Gasteiger partial charge in [0.1, 0.15) is 5.69 Å². The van der Waals surface area contributed by atoms with E-state index in [0.29, 0.717) is 17.2 Å². The van der Waals surface area contributed by atoms with Gasteiger partial charge in [0.05, 0.1) is 18.9 Å². The Hall–Kier alpha value is -4.06. The van der Waals surface area contributed by atoms with Crippen LogP contribution in [0.1, 0.15) is 18.7 Å². The molecule has 0 aliphatic heterocycles. The minimum atomic E-state index is -0.561. The molecule has 152 valence electrons. The van der Waals surface area contributed by atoms with Crippen LogP contribution in [-0.4, -0.2) is 40.2 Å².